The van der Waals surface area contributed by atoms with Gasteiger partial charge in [0.15, 0.2) is 5.82 Å². The summed E-state index contributed by atoms with van der Waals surface area (Å²) in [7, 11) is 1.85. The number of carbonyl (C=O) groups is 2. The Morgan fingerprint density at radius 1 is 0.947 bits per heavy atom. The van der Waals surface area contributed by atoms with E-state index in [1.807, 2.05) is 19.2 Å². The summed E-state index contributed by atoms with van der Waals surface area (Å²) in [5.74, 6) is 0.194. The molecule has 3 aromatic heterocycles. The van der Waals surface area contributed by atoms with Crippen molar-refractivity contribution < 1.29 is 27.2 Å². The number of likely N-dealkylation sites (tertiary alicyclic amines) is 1. The molecule has 294 valence electrons. The zero-order valence-corrected chi connectivity index (χ0v) is 31.7. The van der Waals surface area contributed by atoms with E-state index in [0.29, 0.717) is 64.1 Å². The van der Waals surface area contributed by atoms with Gasteiger partial charge in [-0.1, -0.05) is 24.3 Å². The number of fused-ring (bicyclic) bond motifs is 2. The van der Waals surface area contributed by atoms with Crippen LogP contribution in [-0.4, -0.2) is 67.7 Å². The maximum absolute atomic E-state index is 15.2. The number of nitrogens with zero attached hydrogens (tertiary/aromatic N) is 7. The quantitative estimate of drug-likeness (QED) is 0.134. The van der Waals surface area contributed by atoms with Gasteiger partial charge >= 0.3 is 6.03 Å². The van der Waals surface area contributed by atoms with E-state index in [4.69, 9.17) is 0 Å². The minimum atomic E-state index is -2.94. The molecule has 0 spiro atoms. The smallest absolute Gasteiger partial charge is 0.329 e. The third-order valence-electron chi connectivity index (χ3n) is 11.1. The molecule has 11 nitrogen and oxygen atoms in total. The van der Waals surface area contributed by atoms with Crippen molar-refractivity contribution in [3.63, 3.8) is 0 Å². The van der Waals surface area contributed by atoms with Crippen LogP contribution in [0.2, 0.25) is 0 Å². The van der Waals surface area contributed by atoms with Crippen LogP contribution in [0.1, 0.15) is 72.6 Å². The summed E-state index contributed by atoms with van der Waals surface area (Å²) in [6.07, 6.45) is 1.29. The third kappa shape index (κ3) is 7.63. The Hall–Kier alpha value is -5.96. The first-order chi connectivity index (χ1) is 27.4. The van der Waals surface area contributed by atoms with Gasteiger partial charge in [-0.05, 0) is 99.6 Å². The summed E-state index contributed by atoms with van der Waals surface area (Å²) in [4.78, 5) is 41.7. The molecule has 0 radical (unpaired) electrons. The minimum Gasteiger partial charge on any atom is -0.363 e. The second kappa shape index (κ2) is 15.5. The van der Waals surface area contributed by atoms with E-state index in [-0.39, 0.29) is 30.3 Å². The number of urea groups is 1. The number of hydrogen-bond acceptors (Lipinski definition) is 8. The fourth-order valence-corrected chi connectivity index (χ4v) is 7.94. The first kappa shape index (κ1) is 37.9. The number of benzene rings is 3. The van der Waals surface area contributed by atoms with Crippen LogP contribution in [0.15, 0.2) is 66.9 Å². The van der Waals surface area contributed by atoms with Gasteiger partial charge in [0.2, 0.25) is 5.91 Å². The summed E-state index contributed by atoms with van der Waals surface area (Å²) in [5.41, 5.74) is 3.96. The Kier molecular flexibility index (Phi) is 10.3. The molecule has 3 amide bonds. The van der Waals surface area contributed by atoms with Crippen molar-refractivity contribution in [2.24, 2.45) is 7.05 Å². The lowest BCUT2D eigenvalue weighted by Gasteiger charge is -2.32. The summed E-state index contributed by atoms with van der Waals surface area (Å²) in [6.45, 7) is 6.09. The standard InChI is InChI=1S/C42H41F4N9O2/c1-23(29-5-4-6-31(38(29)44)39(45)46)48-40-32-21-34(47-22-35(32)49-24(2)50-40)28-8-10-33(43)27(19-28)13-17-54-15-11-25(12-16-54)26-7-9-30-36(20-26)53(3)52-41(30)55-18-14-37(56)51-42(55)57/h4-10,19-23,25,39H,11-18H2,1-3H3,(H,48,49,50)(H,51,56,57)/t23-/m1/s1. The molecule has 5 heterocycles. The maximum Gasteiger partial charge on any atom is 0.329 e. The van der Waals surface area contributed by atoms with Crippen molar-refractivity contribution in [1.29, 1.82) is 0 Å². The number of nitrogens with one attached hydrogen (secondary N) is 2. The predicted molar refractivity (Wildman–Crippen MR) is 209 cm³/mol. The Bertz CT molecular complexity index is 2520. The number of imide groups is 1. The Balaban J connectivity index is 0.937. The number of alkyl halides is 2. The van der Waals surface area contributed by atoms with E-state index in [2.05, 4.69) is 47.7 Å². The fourth-order valence-electron chi connectivity index (χ4n) is 7.94. The van der Waals surface area contributed by atoms with Gasteiger partial charge in [0, 0.05) is 48.5 Å². The zero-order chi connectivity index (χ0) is 40.0. The first-order valence-corrected chi connectivity index (χ1v) is 19.0. The van der Waals surface area contributed by atoms with E-state index < -0.39 is 29.9 Å². The molecule has 57 heavy (non-hydrogen) atoms. The molecule has 2 fully saturated rings. The molecule has 8 rings (SSSR count). The summed E-state index contributed by atoms with van der Waals surface area (Å²) < 4.78 is 58.8. The molecule has 1 atom stereocenters. The lowest BCUT2D eigenvalue weighted by Crippen LogP contribution is -2.49. The van der Waals surface area contributed by atoms with Crippen molar-refractivity contribution in [2.75, 3.05) is 36.4 Å². The van der Waals surface area contributed by atoms with Crippen molar-refractivity contribution in [2.45, 2.75) is 57.9 Å². The number of rotatable bonds is 10. The average molecular weight is 780 g/mol. The van der Waals surface area contributed by atoms with Gasteiger partial charge in [0.1, 0.15) is 23.3 Å². The second-order valence-electron chi connectivity index (χ2n) is 14.8. The molecule has 2 aliphatic heterocycles. The normalized spacial score (nSPS) is 16.2. The topological polar surface area (TPSA) is 121 Å². The molecule has 0 saturated carbocycles. The van der Waals surface area contributed by atoms with Crippen LogP contribution >= 0.6 is 0 Å². The number of piperidine rings is 1. The molecule has 2 N–H and O–H groups in total. The number of halogens is 4. The highest BCUT2D eigenvalue weighted by molar-refractivity contribution is 6.08. The summed E-state index contributed by atoms with van der Waals surface area (Å²) in [5, 5.41) is 11.6. The highest BCUT2D eigenvalue weighted by Crippen LogP contribution is 2.35. The number of pyridine rings is 1. The minimum absolute atomic E-state index is 0.0886. The molecule has 0 aliphatic carbocycles. The molecular weight excluding hydrogens is 739 g/mol. The second-order valence-corrected chi connectivity index (χ2v) is 14.8. The van der Waals surface area contributed by atoms with Gasteiger partial charge in [-0.2, -0.15) is 5.10 Å². The number of aromatic nitrogens is 5. The van der Waals surface area contributed by atoms with Gasteiger partial charge < -0.3 is 10.2 Å². The molecule has 2 aliphatic rings. The van der Waals surface area contributed by atoms with Crippen molar-refractivity contribution in [1.82, 2.24) is 34.9 Å². The van der Waals surface area contributed by atoms with E-state index in [1.54, 1.807) is 36.9 Å². The molecule has 15 heteroatoms. The number of hydrogen-bond donors (Lipinski definition) is 2. The van der Waals surface area contributed by atoms with Crippen LogP contribution in [0.3, 0.4) is 0 Å². The van der Waals surface area contributed by atoms with Crippen LogP contribution in [0.4, 0.5) is 34.0 Å². The van der Waals surface area contributed by atoms with Gasteiger partial charge in [-0.25, -0.2) is 32.3 Å². The lowest BCUT2D eigenvalue weighted by atomic mass is 9.89. The van der Waals surface area contributed by atoms with Crippen LogP contribution in [0.5, 0.6) is 0 Å². The van der Waals surface area contributed by atoms with E-state index in [9.17, 15) is 18.4 Å². The summed E-state index contributed by atoms with van der Waals surface area (Å²) >= 11 is 0. The van der Waals surface area contributed by atoms with Crippen molar-refractivity contribution in [3.05, 3.63) is 107 Å². The monoisotopic (exact) mass is 779 g/mol. The highest BCUT2D eigenvalue weighted by Gasteiger charge is 2.29. The number of carbonyl (C=O) groups excluding carboxylic acids is 2. The van der Waals surface area contributed by atoms with E-state index in [1.165, 1.54) is 28.7 Å². The Morgan fingerprint density at radius 2 is 1.74 bits per heavy atom. The Morgan fingerprint density at radius 3 is 2.51 bits per heavy atom. The number of aryl methyl sites for hydroxylation is 2. The maximum atomic E-state index is 15.2. The molecule has 3 aromatic carbocycles. The molecule has 2 saturated heterocycles. The number of anilines is 2. The van der Waals surface area contributed by atoms with Crippen LogP contribution < -0.4 is 15.5 Å². The van der Waals surface area contributed by atoms with Gasteiger partial charge in [0.25, 0.3) is 6.43 Å². The molecule has 0 unspecified atom stereocenters. The molecule has 0 bridgehead atoms. The zero-order valence-electron chi connectivity index (χ0n) is 31.7. The van der Waals surface area contributed by atoms with Crippen LogP contribution in [-0.2, 0) is 18.3 Å². The highest BCUT2D eigenvalue weighted by atomic mass is 19.3. The SMILES string of the molecule is Cc1nc(N[C@H](C)c2cccc(C(F)F)c2F)c2cc(-c3ccc(F)c(CCN4CCC(c5ccc6c(N7CCC(=O)NC7=O)nn(C)c6c5)CC4)c3)ncc2n1. The third-order valence-corrected chi connectivity index (χ3v) is 11.1. The largest absolute Gasteiger partial charge is 0.363 e. The summed E-state index contributed by atoms with van der Waals surface area (Å²) in [6, 6.07) is 15.8. The van der Waals surface area contributed by atoms with Crippen LogP contribution in [0.25, 0.3) is 33.1 Å². The van der Waals surface area contributed by atoms with Crippen molar-refractivity contribution in [3.8, 4) is 11.3 Å². The molecule has 6 aromatic rings. The van der Waals surface area contributed by atoms with Crippen LogP contribution in [0, 0.1) is 18.6 Å². The lowest BCUT2D eigenvalue weighted by molar-refractivity contribution is -0.120. The number of amides is 3. The van der Waals surface area contributed by atoms with Crippen molar-refractivity contribution >= 4 is 45.4 Å². The Labute approximate surface area is 326 Å². The predicted octanol–water partition coefficient (Wildman–Crippen LogP) is 8.14. The fraction of sp³-hybridized carbons (Fsp3) is 0.333. The molecular formula is C42H41F4N9O2. The van der Waals surface area contributed by atoms with E-state index >= 15 is 8.78 Å². The van der Waals surface area contributed by atoms with Gasteiger partial charge in [-0.3, -0.25) is 24.7 Å². The van der Waals surface area contributed by atoms with Gasteiger partial charge in [-0.15, -0.1) is 0 Å². The van der Waals surface area contributed by atoms with Gasteiger partial charge in [0.05, 0.1) is 34.5 Å². The first-order valence-electron chi connectivity index (χ1n) is 19.0. The van der Waals surface area contributed by atoms with E-state index in [0.717, 1.165) is 42.9 Å². The average Bonchev–Trinajstić information content (AvgIpc) is 3.52.